The van der Waals surface area contributed by atoms with Crippen LogP contribution in [-0.2, 0) is 6.18 Å². The number of pyridine rings is 1. The molecule has 9 heteroatoms. The highest BCUT2D eigenvalue weighted by Gasteiger charge is 2.34. The van der Waals surface area contributed by atoms with Crippen molar-refractivity contribution in [3.05, 3.63) is 84.0 Å². The summed E-state index contributed by atoms with van der Waals surface area (Å²) in [6.07, 6.45) is -0.773. The van der Waals surface area contributed by atoms with Gasteiger partial charge in [0.2, 0.25) is 0 Å². The number of ether oxygens (including phenoxy) is 2. The number of aromatic nitrogens is 2. The molecule has 0 radical (unpaired) electrons. The van der Waals surface area contributed by atoms with Gasteiger partial charge >= 0.3 is 6.18 Å². The van der Waals surface area contributed by atoms with Gasteiger partial charge in [-0.1, -0.05) is 18.2 Å². The van der Waals surface area contributed by atoms with E-state index >= 15 is 0 Å². The Labute approximate surface area is 192 Å². The number of benzene rings is 2. The summed E-state index contributed by atoms with van der Waals surface area (Å²) in [4.78, 5) is 8.48. The molecule has 1 N–H and O–H groups in total. The molecule has 0 atom stereocenters. The summed E-state index contributed by atoms with van der Waals surface area (Å²) in [6.45, 7) is 0.442. The van der Waals surface area contributed by atoms with Crippen LogP contribution in [0.1, 0.15) is 12.0 Å². The summed E-state index contributed by atoms with van der Waals surface area (Å²) in [5.74, 6) is 0.487. The van der Waals surface area contributed by atoms with Crippen molar-refractivity contribution in [3.8, 4) is 22.8 Å². The molecular weight excluding hydrogens is 451 g/mol. The quantitative estimate of drug-likeness (QED) is 0.272. The summed E-state index contributed by atoms with van der Waals surface area (Å²) < 4.78 is 51.9. The van der Waals surface area contributed by atoms with E-state index in [0.29, 0.717) is 29.6 Å². The summed E-state index contributed by atoms with van der Waals surface area (Å²) in [5, 5.41) is 5.24. The van der Waals surface area contributed by atoms with Crippen LogP contribution in [0.25, 0.3) is 11.3 Å². The Bertz CT molecular complexity index is 1170. The molecule has 2 aromatic carbocycles. The van der Waals surface area contributed by atoms with Gasteiger partial charge in [0.1, 0.15) is 11.5 Å². The lowest BCUT2D eigenvalue weighted by molar-refractivity contribution is -0.138. The van der Waals surface area contributed by atoms with Crippen LogP contribution in [0, 0.1) is 0 Å². The first-order chi connectivity index (χ1) is 16.0. The van der Waals surface area contributed by atoms with E-state index in [0.717, 1.165) is 11.6 Å². The molecule has 33 heavy (non-hydrogen) atoms. The van der Waals surface area contributed by atoms with E-state index < -0.39 is 11.7 Å². The number of para-hydroxylation sites is 1. The van der Waals surface area contributed by atoms with Gasteiger partial charge in [0.15, 0.2) is 5.13 Å². The molecule has 0 saturated carbocycles. The average Bonchev–Trinajstić information content (AvgIpc) is 3.29. The maximum atomic E-state index is 13.6. The lowest BCUT2D eigenvalue weighted by Gasteiger charge is -2.16. The Morgan fingerprint density at radius 1 is 0.939 bits per heavy atom. The Hall–Kier alpha value is -3.59. The van der Waals surface area contributed by atoms with Gasteiger partial charge in [0, 0.05) is 35.4 Å². The minimum Gasteiger partial charge on any atom is -0.493 e. The minimum atomic E-state index is -4.56. The molecule has 0 saturated heterocycles. The molecule has 0 fully saturated rings. The van der Waals surface area contributed by atoms with Crippen molar-refractivity contribution in [2.45, 2.75) is 12.6 Å². The summed E-state index contributed by atoms with van der Waals surface area (Å²) in [5.41, 5.74) is 0.955. The second kappa shape index (κ2) is 10.4. The van der Waals surface area contributed by atoms with Gasteiger partial charge in [-0.3, -0.25) is 4.98 Å². The van der Waals surface area contributed by atoms with Gasteiger partial charge in [-0.05, 0) is 42.5 Å². The molecule has 0 bridgehead atoms. The normalized spacial score (nSPS) is 11.2. The first-order valence-electron chi connectivity index (χ1n) is 10.1. The Morgan fingerprint density at radius 2 is 1.76 bits per heavy atom. The third kappa shape index (κ3) is 6.23. The first kappa shape index (κ1) is 22.6. The zero-order chi connectivity index (χ0) is 23.1. The number of nitrogens with zero attached hydrogens (tertiary/aromatic N) is 2. The van der Waals surface area contributed by atoms with Crippen LogP contribution in [0.2, 0.25) is 0 Å². The largest absolute Gasteiger partial charge is 0.493 e. The summed E-state index contributed by atoms with van der Waals surface area (Å²) >= 11 is 1.30. The van der Waals surface area contributed by atoms with Gasteiger partial charge in [0.05, 0.1) is 24.5 Å². The Morgan fingerprint density at radius 3 is 2.52 bits per heavy atom. The van der Waals surface area contributed by atoms with E-state index in [1.165, 1.54) is 23.5 Å². The molecule has 2 heterocycles. The highest BCUT2D eigenvalue weighted by Crippen LogP contribution is 2.39. The van der Waals surface area contributed by atoms with Crippen LogP contribution < -0.4 is 14.8 Å². The number of thiazole rings is 1. The molecule has 4 rings (SSSR count). The van der Waals surface area contributed by atoms with Crippen molar-refractivity contribution >= 4 is 22.2 Å². The lowest BCUT2D eigenvalue weighted by atomic mass is 10.1. The molecule has 0 unspecified atom stereocenters. The van der Waals surface area contributed by atoms with E-state index in [1.54, 1.807) is 18.5 Å². The number of rotatable bonds is 9. The fourth-order valence-electron chi connectivity index (χ4n) is 3.00. The maximum Gasteiger partial charge on any atom is 0.420 e. The van der Waals surface area contributed by atoms with Crippen LogP contribution in [0.5, 0.6) is 11.5 Å². The van der Waals surface area contributed by atoms with E-state index in [2.05, 4.69) is 15.3 Å². The molecule has 0 aliphatic rings. The van der Waals surface area contributed by atoms with E-state index in [9.17, 15) is 13.2 Å². The number of hydrogen-bond donors (Lipinski definition) is 1. The van der Waals surface area contributed by atoms with Gasteiger partial charge < -0.3 is 14.8 Å². The number of hydrogen-bond acceptors (Lipinski definition) is 6. The molecule has 0 aliphatic heterocycles. The standard InChI is InChI=1S/C24H20F3N3O2S/c25-24(26,27)20-14-18(29-23-30-21(16-33-23)17-6-4-11-28-15-17)9-10-22(20)32-13-5-12-31-19-7-2-1-3-8-19/h1-4,6-11,14-16H,5,12-13H2,(H,29,30). The minimum absolute atomic E-state index is 0.101. The second-order valence-corrected chi connectivity index (χ2v) is 7.83. The molecule has 2 aromatic heterocycles. The maximum absolute atomic E-state index is 13.6. The predicted molar refractivity (Wildman–Crippen MR) is 122 cm³/mol. The van der Waals surface area contributed by atoms with Gasteiger partial charge in [0.25, 0.3) is 0 Å². The van der Waals surface area contributed by atoms with Crippen LogP contribution in [-0.4, -0.2) is 23.2 Å². The topological polar surface area (TPSA) is 56.3 Å². The van der Waals surface area contributed by atoms with Crippen molar-refractivity contribution in [1.29, 1.82) is 0 Å². The molecule has 5 nitrogen and oxygen atoms in total. The molecule has 0 amide bonds. The number of anilines is 2. The van der Waals surface area contributed by atoms with Crippen molar-refractivity contribution in [2.75, 3.05) is 18.5 Å². The number of halogens is 3. The van der Waals surface area contributed by atoms with Crippen LogP contribution in [0.15, 0.2) is 78.4 Å². The Balaban J connectivity index is 1.39. The van der Waals surface area contributed by atoms with E-state index in [-0.39, 0.29) is 18.0 Å². The highest BCUT2D eigenvalue weighted by molar-refractivity contribution is 7.14. The van der Waals surface area contributed by atoms with Gasteiger partial charge in [-0.2, -0.15) is 13.2 Å². The third-order valence-corrected chi connectivity index (χ3v) is 5.31. The van der Waals surface area contributed by atoms with E-state index in [4.69, 9.17) is 9.47 Å². The average molecular weight is 472 g/mol. The lowest BCUT2D eigenvalue weighted by Crippen LogP contribution is -2.11. The fraction of sp³-hybridized carbons (Fsp3) is 0.167. The zero-order valence-electron chi connectivity index (χ0n) is 17.4. The smallest absolute Gasteiger partial charge is 0.420 e. The highest BCUT2D eigenvalue weighted by atomic mass is 32.1. The first-order valence-corrected chi connectivity index (χ1v) is 11.0. The van der Waals surface area contributed by atoms with Crippen LogP contribution >= 0.6 is 11.3 Å². The number of nitrogens with one attached hydrogen (secondary N) is 1. The van der Waals surface area contributed by atoms with E-state index in [1.807, 2.05) is 41.8 Å². The molecule has 0 aliphatic carbocycles. The Kier molecular flexibility index (Phi) is 7.09. The zero-order valence-corrected chi connectivity index (χ0v) is 18.2. The van der Waals surface area contributed by atoms with Crippen molar-refractivity contribution in [3.63, 3.8) is 0 Å². The molecule has 4 aromatic rings. The molecular formula is C24H20F3N3O2S. The SMILES string of the molecule is FC(F)(F)c1cc(Nc2nc(-c3cccnc3)cs2)ccc1OCCCOc1ccccc1. The molecule has 0 spiro atoms. The van der Waals surface area contributed by atoms with Crippen molar-refractivity contribution < 1.29 is 22.6 Å². The van der Waals surface area contributed by atoms with Crippen LogP contribution in [0.4, 0.5) is 24.0 Å². The summed E-state index contributed by atoms with van der Waals surface area (Å²) in [6, 6.07) is 16.8. The van der Waals surface area contributed by atoms with Gasteiger partial charge in [-0.25, -0.2) is 4.98 Å². The van der Waals surface area contributed by atoms with Crippen molar-refractivity contribution in [2.24, 2.45) is 0 Å². The number of alkyl halides is 3. The van der Waals surface area contributed by atoms with Gasteiger partial charge in [-0.15, -0.1) is 11.3 Å². The van der Waals surface area contributed by atoms with Crippen LogP contribution in [0.3, 0.4) is 0 Å². The predicted octanol–water partition coefficient (Wildman–Crippen LogP) is 6.82. The fourth-order valence-corrected chi connectivity index (χ4v) is 3.74. The van der Waals surface area contributed by atoms with Crippen molar-refractivity contribution in [1.82, 2.24) is 9.97 Å². The molecule has 170 valence electrons. The monoisotopic (exact) mass is 471 g/mol. The third-order valence-electron chi connectivity index (χ3n) is 4.56. The second-order valence-electron chi connectivity index (χ2n) is 6.98. The summed E-state index contributed by atoms with van der Waals surface area (Å²) in [7, 11) is 0.